The lowest BCUT2D eigenvalue weighted by atomic mass is 10.1. The van der Waals surface area contributed by atoms with E-state index >= 15 is 0 Å². The number of hydrogen-bond donors (Lipinski definition) is 0. The molecule has 1 aromatic carbocycles. The van der Waals surface area contributed by atoms with Gasteiger partial charge in [-0.2, -0.15) is 0 Å². The van der Waals surface area contributed by atoms with E-state index in [1.54, 1.807) is 13.3 Å². The van der Waals surface area contributed by atoms with Crippen molar-refractivity contribution in [2.24, 2.45) is 5.92 Å². The highest BCUT2D eigenvalue weighted by atomic mass is 16.5. The fourth-order valence-electron chi connectivity index (χ4n) is 2.63. The molecule has 1 heterocycles. The van der Waals surface area contributed by atoms with Crippen LogP contribution < -0.4 is 4.74 Å². The number of methoxy groups -OCH3 is 1. The van der Waals surface area contributed by atoms with E-state index in [0.717, 1.165) is 17.1 Å². The van der Waals surface area contributed by atoms with Gasteiger partial charge in [-0.15, -0.1) is 0 Å². The minimum atomic E-state index is 0.184. The zero-order valence-corrected chi connectivity index (χ0v) is 15.0. The Balaban J connectivity index is 2.10. The molecule has 0 bridgehead atoms. The zero-order valence-electron chi connectivity index (χ0n) is 15.0. The number of benzene rings is 1. The second-order valence-electron chi connectivity index (χ2n) is 6.33. The Labute approximate surface area is 144 Å². The molecule has 0 N–H and O–H groups in total. The summed E-state index contributed by atoms with van der Waals surface area (Å²) in [6.07, 6.45) is 4.32. The van der Waals surface area contributed by atoms with Gasteiger partial charge in [0.05, 0.1) is 13.7 Å². The van der Waals surface area contributed by atoms with Crippen molar-refractivity contribution < 1.29 is 9.53 Å². The van der Waals surface area contributed by atoms with Crippen LogP contribution in [0.25, 0.3) is 0 Å². The van der Waals surface area contributed by atoms with Crippen LogP contribution in [-0.2, 0) is 17.9 Å². The average molecular weight is 329 g/mol. The number of carbonyl (C=O) groups excluding carboxylic acids is 1. The molecule has 0 radical (unpaired) electrons. The highest BCUT2D eigenvalue weighted by molar-refractivity contribution is 5.76. The van der Waals surface area contributed by atoms with Gasteiger partial charge in [0.25, 0.3) is 0 Å². The minimum absolute atomic E-state index is 0.184. The molecule has 0 aliphatic heterocycles. The summed E-state index contributed by atoms with van der Waals surface area (Å²) in [4.78, 5) is 18.6. The smallest absolute Gasteiger partial charge is 0.223 e. The maximum atomic E-state index is 12.3. The van der Waals surface area contributed by atoms with Crippen LogP contribution in [0.1, 0.15) is 38.6 Å². The summed E-state index contributed by atoms with van der Waals surface area (Å²) in [6, 6.07) is 8.00. The van der Waals surface area contributed by atoms with Crippen LogP contribution in [0.2, 0.25) is 0 Å². The third-order valence-electron chi connectivity index (χ3n) is 3.94. The van der Waals surface area contributed by atoms with E-state index in [-0.39, 0.29) is 5.91 Å². The van der Waals surface area contributed by atoms with E-state index in [0.29, 0.717) is 32.0 Å². The maximum Gasteiger partial charge on any atom is 0.223 e. The van der Waals surface area contributed by atoms with Crippen LogP contribution >= 0.6 is 0 Å². The highest BCUT2D eigenvalue weighted by Gasteiger charge is 2.16. The van der Waals surface area contributed by atoms with Crippen molar-refractivity contribution in [2.45, 2.75) is 40.3 Å². The molecule has 1 amide bonds. The maximum absolute atomic E-state index is 12.3. The third kappa shape index (κ3) is 4.85. The van der Waals surface area contributed by atoms with Gasteiger partial charge in [0.2, 0.25) is 5.91 Å². The fraction of sp³-hybridized carbons (Fsp3) is 0.474. The molecule has 2 rings (SSSR count). The molecule has 5 heteroatoms. The number of imidazole rings is 1. The van der Waals surface area contributed by atoms with Crippen LogP contribution in [0.3, 0.4) is 0 Å². The number of amides is 1. The molecule has 0 aliphatic carbocycles. The quantitative estimate of drug-likeness (QED) is 0.746. The predicted octanol–water partition coefficient (Wildman–Crippen LogP) is 3.33. The summed E-state index contributed by atoms with van der Waals surface area (Å²) in [6.45, 7) is 8.08. The van der Waals surface area contributed by atoms with Crippen molar-refractivity contribution in [3.05, 3.63) is 48.0 Å². The van der Waals surface area contributed by atoms with E-state index in [1.807, 2.05) is 36.2 Å². The Morgan fingerprint density at radius 3 is 2.83 bits per heavy atom. The van der Waals surface area contributed by atoms with E-state index in [9.17, 15) is 4.79 Å². The van der Waals surface area contributed by atoms with E-state index in [1.165, 1.54) is 0 Å². The summed E-state index contributed by atoms with van der Waals surface area (Å²) in [5.41, 5.74) is 1.14. The third-order valence-corrected chi connectivity index (χ3v) is 3.94. The molecule has 0 unspecified atom stereocenters. The molecule has 130 valence electrons. The molecule has 2 aromatic rings. The Bertz CT molecular complexity index is 664. The molecule has 24 heavy (non-hydrogen) atoms. The molecule has 0 saturated carbocycles. The van der Waals surface area contributed by atoms with Gasteiger partial charge in [-0.05, 0) is 30.5 Å². The number of hydrogen-bond acceptors (Lipinski definition) is 3. The molecular formula is C19H27N3O2. The van der Waals surface area contributed by atoms with Gasteiger partial charge in [0.1, 0.15) is 11.6 Å². The highest BCUT2D eigenvalue weighted by Crippen LogP contribution is 2.15. The van der Waals surface area contributed by atoms with Crippen molar-refractivity contribution in [3.63, 3.8) is 0 Å². The largest absolute Gasteiger partial charge is 0.497 e. The topological polar surface area (TPSA) is 47.4 Å². The Morgan fingerprint density at radius 1 is 1.38 bits per heavy atom. The van der Waals surface area contributed by atoms with E-state index in [4.69, 9.17) is 4.74 Å². The first kappa shape index (κ1) is 18.0. The van der Waals surface area contributed by atoms with Gasteiger partial charge in [-0.3, -0.25) is 4.79 Å². The van der Waals surface area contributed by atoms with Crippen molar-refractivity contribution in [1.29, 1.82) is 0 Å². The second kappa shape index (κ2) is 8.52. The first-order chi connectivity index (χ1) is 11.5. The molecular weight excluding hydrogens is 302 g/mol. The summed E-state index contributed by atoms with van der Waals surface area (Å²) in [5, 5.41) is 0. The molecule has 0 aliphatic rings. The van der Waals surface area contributed by atoms with Crippen LogP contribution in [0.5, 0.6) is 5.75 Å². The van der Waals surface area contributed by atoms with Crippen molar-refractivity contribution in [3.8, 4) is 5.75 Å². The van der Waals surface area contributed by atoms with Crippen LogP contribution in [0, 0.1) is 5.92 Å². The molecule has 0 spiro atoms. The Hall–Kier alpha value is -2.30. The number of carbonyl (C=O) groups is 1. The molecule has 0 saturated heterocycles. The standard InChI is InChI=1S/C19H27N3O2/c1-5-21(19(23)11-15(2)3)14-18-20-9-10-22(18)13-16-7-6-8-17(12-16)24-4/h6-10,12,15H,5,11,13-14H2,1-4H3. The number of aromatic nitrogens is 2. The lowest BCUT2D eigenvalue weighted by Gasteiger charge is -2.22. The number of nitrogens with zero attached hydrogens (tertiary/aromatic N) is 3. The first-order valence-electron chi connectivity index (χ1n) is 8.44. The molecule has 0 atom stereocenters. The van der Waals surface area contributed by atoms with Crippen LogP contribution in [-0.4, -0.2) is 34.0 Å². The predicted molar refractivity (Wildman–Crippen MR) is 94.9 cm³/mol. The zero-order chi connectivity index (χ0) is 17.5. The summed E-state index contributed by atoms with van der Waals surface area (Å²) < 4.78 is 7.36. The lowest BCUT2D eigenvalue weighted by molar-refractivity contribution is -0.132. The van der Waals surface area contributed by atoms with Gasteiger partial charge in [0, 0.05) is 31.9 Å². The lowest BCUT2D eigenvalue weighted by Crippen LogP contribution is -2.32. The molecule has 5 nitrogen and oxygen atoms in total. The van der Waals surface area contributed by atoms with Crippen molar-refractivity contribution in [1.82, 2.24) is 14.5 Å². The minimum Gasteiger partial charge on any atom is -0.497 e. The fourth-order valence-corrected chi connectivity index (χ4v) is 2.63. The summed E-state index contributed by atoms with van der Waals surface area (Å²) >= 11 is 0. The van der Waals surface area contributed by atoms with Gasteiger partial charge in [-0.1, -0.05) is 26.0 Å². The molecule has 1 aromatic heterocycles. The van der Waals surface area contributed by atoms with Gasteiger partial charge in [-0.25, -0.2) is 4.98 Å². The van der Waals surface area contributed by atoms with Gasteiger partial charge >= 0.3 is 0 Å². The first-order valence-corrected chi connectivity index (χ1v) is 8.44. The number of rotatable bonds is 8. The van der Waals surface area contributed by atoms with E-state index in [2.05, 4.69) is 29.5 Å². The van der Waals surface area contributed by atoms with Crippen molar-refractivity contribution >= 4 is 5.91 Å². The van der Waals surface area contributed by atoms with E-state index < -0.39 is 0 Å². The van der Waals surface area contributed by atoms with Crippen LogP contribution in [0.4, 0.5) is 0 Å². The van der Waals surface area contributed by atoms with Gasteiger partial charge < -0.3 is 14.2 Å². The number of ether oxygens (including phenoxy) is 1. The summed E-state index contributed by atoms with van der Waals surface area (Å²) in [7, 11) is 1.67. The Morgan fingerprint density at radius 2 is 2.17 bits per heavy atom. The Kier molecular flexibility index (Phi) is 6.41. The monoisotopic (exact) mass is 329 g/mol. The summed E-state index contributed by atoms with van der Waals surface area (Å²) in [5.74, 6) is 2.29. The SMILES string of the molecule is CCN(Cc1nccn1Cc1cccc(OC)c1)C(=O)CC(C)C. The van der Waals surface area contributed by atoms with Crippen LogP contribution in [0.15, 0.2) is 36.7 Å². The average Bonchev–Trinajstić information content (AvgIpc) is 2.98. The van der Waals surface area contributed by atoms with Gasteiger partial charge in [0.15, 0.2) is 0 Å². The normalized spacial score (nSPS) is 10.9. The molecule has 0 fully saturated rings. The second-order valence-corrected chi connectivity index (χ2v) is 6.33. The van der Waals surface area contributed by atoms with Crippen molar-refractivity contribution in [2.75, 3.05) is 13.7 Å².